The van der Waals surface area contributed by atoms with Crippen LogP contribution in [0.15, 0.2) is 51.9 Å². The number of nitrogens with two attached hydrogens (primary N) is 1. The number of hydrogen-bond acceptors (Lipinski definition) is 5. The number of benzene rings is 2. The maximum atomic E-state index is 13.0. The van der Waals surface area contributed by atoms with Gasteiger partial charge in [0.2, 0.25) is 0 Å². The molecule has 172 valence electrons. The van der Waals surface area contributed by atoms with Gasteiger partial charge in [0, 0.05) is 34.7 Å². The van der Waals surface area contributed by atoms with Gasteiger partial charge in [0.15, 0.2) is 0 Å². The van der Waals surface area contributed by atoms with Crippen LogP contribution in [0.3, 0.4) is 0 Å². The number of ether oxygens (including phenoxy) is 1. The van der Waals surface area contributed by atoms with Gasteiger partial charge in [0.05, 0.1) is 17.5 Å². The number of unbranched alkanes of at least 4 members (excludes halogenated alkanes) is 1. The minimum absolute atomic E-state index is 0.316. The molecule has 0 spiro atoms. The van der Waals surface area contributed by atoms with Crippen molar-refractivity contribution in [2.24, 2.45) is 16.6 Å². The minimum Gasteiger partial charge on any atom is -0.462 e. The molecular formula is C28H32N2O3. The predicted octanol–water partition coefficient (Wildman–Crippen LogP) is 4.21. The van der Waals surface area contributed by atoms with Crippen molar-refractivity contribution < 1.29 is 13.9 Å². The number of rotatable bonds is 7. The molecule has 2 aliphatic carbocycles. The molecule has 0 bridgehead atoms. The van der Waals surface area contributed by atoms with Crippen molar-refractivity contribution in [1.82, 2.24) is 0 Å². The van der Waals surface area contributed by atoms with Gasteiger partial charge < -0.3 is 14.9 Å². The van der Waals surface area contributed by atoms with Crippen LogP contribution in [0.25, 0.3) is 34.2 Å². The van der Waals surface area contributed by atoms with Gasteiger partial charge in [-0.15, -0.1) is 0 Å². The molecule has 1 aliphatic heterocycles. The minimum atomic E-state index is -0.316. The first kappa shape index (κ1) is 22.8. The summed E-state index contributed by atoms with van der Waals surface area (Å²) in [7, 11) is 0. The Morgan fingerprint density at radius 3 is 2.73 bits per heavy atom. The van der Waals surface area contributed by atoms with E-state index in [1.807, 2.05) is 49.4 Å². The number of fused-ring (bicyclic) bond motifs is 2. The number of hydrogen-bond donors (Lipinski definition) is 1. The van der Waals surface area contributed by atoms with Gasteiger partial charge in [0.25, 0.3) is 0 Å². The van der Waals surface area contributed by atoms with Crippen LogP contribution in [-0.2, 0) is 4.74 Å². The summed E-state index contributed by atoms with van der Waals surface area (Å²) in [6.07, 6.45) is 5.73. The van der Waals surface area contributed by atoms with Crippen LogP contribution in [0.5, 0.6) is 0 Å². The van der Waals surface area contributed by atoms with Crippen molar-refractivity contribution in [3.63, 3.8) is 0 Å². The first-order valence-electron chi connectivity index (χ1n) is 11.9. The van der Waals surface area contributed by atoms with Gasteiger partial charge in [0.1, 0.15) is 11.2 Å². The Balaban J connectivity index is 2.04. The molecule has 33 heavy (non-hydrogen) atoms. The molecule has 1 unspecified atom stereocenters. The third-order valence-electron chi connectivity index (χ3n) is 6.15. The molecule has 3 aliphatic rings. The van der Waals surface area contributed by atoms with Gasteiger partial charge in [-0.2, -0.15) is 0 Å². The molecule has 0 amide bonds. The van der Waals surface area contributed by atoms with Crippen LogP contribution in [0.4, 0.5) is 0 Å². The molecule has 0 aromatic heterocycles. The topological polar surface area (TPSA) is 77.8 Å². The number of nitrogens with zero attached hydrogens (tertiary/aromatic N) is 1. The Bertz CT molecular complexity index is 1320. The van der Waals surface area contributed by atoms with Crippen LogP contribution >= 0.6 is 0 Å². The van der Waals surface area contributed by atoms with E-state index < -0.39 is 0 Å². The third-order valence-corrected chi connectivity index (χ3v) is 6.15. The Hall–Kier alpha value is -3.34. The van der Waals surface area contributed by atoms with Crippen molar-refractivity contribution in [3.05, 3.63) is 64.0 Å². The van der Waals surface area contributed by atoms with Crippen LogP contribution in [-0.4, -0.2) is 19.1 Å². The molecule has 2 N–H and O–H groups in total. The van der Waals surface area contributed by atoms with Crippen molar-refractivity contribution in [1.29, 1.82) is 0 Å². The summed E-state index contributed by atoms with van der Waals surface area (Å²) in [5.41, 5.74) is 11.4. The summed E-state index contributed by atoms with van der Waals surface area (Å²) in [5, 5.41) is 1.74. The summed E-state index contributed by atoms with van der Waals surface area (Å²) < 4.78 is 12.0. The van der Waals surface area contributed by atoms with Gasteiger partial charge in [-0.1, -0.05) is 38.5 Å². The van der Waals surface area contributed by atoms with E-state index in [1.165, 1.54) is 0 Å². The van der Waals surface area contributed by atoms with E-state index in [1.54, 1.807) is 0 Å². The highest BCUT2D eigenvalue weighted by Gasteiger charge is 2.24. The Kier molecular flexibility index (Phi) is 6.97. The molecule has 0 saturated carbocycles. The zero-order valence-electron chi connectivity index (χ0n) is 19.7. The lowest BCUT2D eigenvalue weighted by atomic mass is 9.87. The Morgan fingerprint density at radius 2 is 1.97 bits per heavy atom. The van der Waals surface area contributed by atoms with Crippen LogP contribution in [0.1, 0.15) is 56.8 Å². The Morgan fingerprint density at radius 1 is 1.15 bits per heavy atom. The summed E-state index contributed by atoms with van der Waals surface area (Å²) in [5.74, 6) is 0.738. The van der Waals surface area contributed by atoms with Crippen molar-refractivity contribution in [2.75, 3.05) is 13.2 Å². The third kappa shape index (κ3) is 4.58. The molecule has 1 aromatic rings. The van der Waals surface area contributed by atoms with Crippen LogP contribution in [0.2, 0.25) is 0 Å². The molecule has 1 atom stereocenters. The second-order valence-corrected chi connectivity index (χ2v) is 8.47. The fourth-order valence-corrected chi connectivity index (χ4v) is 4.41. The second kappa shape index (κ2) is 10.1. The van der Waals surface area contributed by atoms with Crippen molar-refractivity contribution in [3.8, 4) is 22.5 Å². The smallest absolute Gasteiger partial charge is 0.338 e. The van der Waals surface area contributed by atoms with E-state index in [4.69, 9.17) is 14.9 Å². The van der Waals surface area contributed by atoms with E-state index in [9.17, 15) is 4.79 Å². The lowest BCUT2D eigenvalue weighted by Gasteiger charge is -2.21. The largest absolute Gasteiger partial charge is 0.462 e. The highest BCUT2D eigenvalue weighted by molar-refractivity contribution is 6.00. The summed E-state index contributed by atoms with van der Waals surface area (Å²) in [4.78, 5) is 17.6. The quantitative estimate of drug-likeness (QED) is 0.437. The SMILES string of the molecule is CCCCOC(=O)c1ccccc1-c1c2ccc(=NCC)cc-2oc2c1=C(N)CC(CC)C=2. The van der Waals surface area contributed by atoms with E-state index in [2.05, 4.69) is 24.9 Å². The molecular weight excluding hydrogens is 412 g/mol. The molecule has 0 saturated heterocycles. The standard InChI is InChI=1S/C28H32N2O3/c1-4-7-14-32-28(31)21-11-9-8-10-20(21)26-22-13-12-19(30-6-3)17-24(22)33-25-16-18(5-2)15-23(29)27(25)26/h8-13,16-18H,4-7,14-15,29H2,1-3H3. The monoisotopic (exact) mass is 444 g/mol. The summed E-state index contributed by atoms with van der Waals surface area (Å²) in [6, 6.07) is 13.6. The predicted molar refractivity (Wildman–Crippen MR) is 132 cm³/mol. The molecule has 5 nitrogen and oxygen atoms in total. The van der Waals surface area contributed by atoms with E-state index >= 15 is 0 Å². The zero-order chi connectivity index (χ0) is 23.4. The van der Waals surface area contributed by atoms with Gasteiger partial charge in [-0.25, -0.2) is 4.79 Å². The van der Waals surface area contributed by atoms with Crippen LogP contribution < -0.4 is 21.7 Å². The van der Waals surface area contributed by atoms with Crippen molar-refractivity contribution >= 4 is 17.7 Å². The van der Waals surface area contributed by atoms with Gasteiger partial charge >= 0.3 is 5.97 Å². The van der Waals surface area contributed by atoms with Crippen LogP contribution in [0, 0.1) is 5.92 Å². The average Bonchev–Trinajstić information content (AvgIpc) is 2.82. The molecule has 0 fully saturated rings. The number of carbonyl (C=O) groups excluding carboxylic acids is 1. The molecule has 4 rings (SSSR count). The highest BCUT2D eigenvalue weighted by Crippen LogP contribution is 2.33. The highest BCUT2D eigenvalue weighted by atomic mass is 16.5. The lowest BCUT2D eigenvalue weighted by molar-refractivity contribution is 0.0500. The normalized spacial score (nSPS) is 15.9. The fraction of sp³-hybridized carbons (Fsp3) is 0.357. The van der Waals surface area contributed by atoms with Crippen molar-refractivity contribution in [2.45, 2.75) is 46.5 Å². The molecule has 0 radical (unpaired) electrons. The number of esters is 1. The number of carbonyl (C=O) groups is 1. The van der Waals surface area contributed by atoms with E-state index in [0.717, 1.165) is 69.8 Å². The van der Waals surface area contributed by atoms with E-state index in [-0.39, 0.29) is 5.97 Å². The molecule has 5 heteroatoms. The second-order valence-electron chi connectivity index (χ2n) is 8.47. The maximum Gasteiger partial charge on any atom is 0.338 e. The summed E-state index contributed by atoms with van der Waals surface area (Å²) >= 11 is 0. The van der Waals surface area contributed by atoms with E-state index in [0.29, 0.717) is 24.6 Å². The molecule has 1 aromatic carbocycles. The summed E-state index contributed by atoms with van der Waals surface area (Å²) in [6.45, 7) is 7.34. The van der Waals surface area contributed by atoms with Gasteiger partial charge in [-0.3, -0.25) is 4.99 Å². The molecule has 1 heterocycles. The first-order valence-corrected chi connectivity index (χ1v) is 11.9. The van der Waals surface area contributed by atoms with Gasteiger partial charge in [-0.05, 0) is 61.9 Å². The lowest BCUT2D eigenvalue weighted by Crippen LogP contribution is -2.37. The zero-order valence-corrected chi connectivity index (χ0v) is 19.7. The Labute approximate surface area is 194 Å². The first-order chi connectivity index (χ1) is 16.1. The maximum absolute atomic E-state index is 13.0. The average molecular weight is 445 g/mol. The fourth-order valence-electron chi connectivity index (χ4n) is 4.41.